The minimum absolute atomic E-state index is 0.0728. The number of aromatic nitrogens is 2. The van der Waals surface area contributed by atoms with Crippen LogP contribution in [0.15, 0.2) is 6.07 Å². The Bertz CT molecular complexity index is 553. The highest BCUT2D eigenvalue weighted by Gasteiger charge is 2.40. The molecule has 1 aromatic rings. The van der Waals surface area contributed by atoms with Crippen molar-refractivity contribution in [1.82, 2.24) is 9.97 Å². The van der Waals surface area contributed by atoms with Crippen LogP contribution in [0, 0.1) is 6.92 Å². The first-order valence-corrected chi connectivity index (χ1v) is 6.92. The minimum atomic E-state index is -1.02. The average molecular weight is 293 g/mol. The number of anilines is 1. The van der Waals surface area contributed by atoms with E-state index in [1.807, 2.05) is 0 Å². The molecule has 0 unspecified atom stereocenters. The summed E-state index contributed by atoms with van der Waals surface area (Å²) in [5.41, 5.74) is -0.448. The Morgan fingerprint density at radius 2 is 1.95 bits per heavy atom. The summed E-state index contributed by atoms with van der Waals surface area (Å²) >= 11 is 0. The molecule has 114 valence electrons. The van der Waals surface area contributed by atoms with E-state index in [-0.39, 0.29) is 5.82 Å². The normalized spacial score (nSPS) is 17.0. The van der Waals surface area contributed by atoms with E-state index >= 15 is 0 Å². The molecule has 0 atom stereocenters. The molecule has 21 heavy (non-hydrogen) atoms. The van der Waals surface area contributed by atoms with Gasteiger partial charge in [0.2, 0.25) is 5.82 Å². The number of esters is 1. The third kappa shape index (κ3) is 3.29. The van der Waals surface area contributed by atoms with Gasteiger partial charge in [0.15, 0.2) is 0 Å². The summed E-state index contributed by atoms with van der Waals surface area (Å²) < 4.78 is 4.60. The lowest BCUT2D eigenvalue weighted by Crippen LogP contribution is -2.48. The number of methoxy groups -OCH3 is 1. The van der Waals surface area contributed by atoms with Gasteiger partial charge in [-0.2, -0.15) is 0 Å². The van der Waals surface area contributed by atoms with Crippen LogP contribution >= 0.6 is 0 Å². The van der Waals surface area contributed by atoms with E-state index in [4.69, 9.17) is 0 Å². The fourth-order valence-corrected chi connectivity index (χ4v) is 2.61. The van der Waals surface area contributed by atoms with Gasteiger partial charge in [0.05, 0.1) is 7.11 Å². The summed E-state index contributed by atoms with van der Waals surface area (Å²) in [6.07, 6.45) is 3.82. The van der Waals surface area contributed by atoms with Crippen LogP contribution in [0.4, 0.5) is 5.82 Å². The number of nitrogens with zero attached hydrogens (tertiary/aromatic N) is 2. The van der Waals surface area contributed by atoms with E-state index in [9.17, 15) is 14.7 Å². The quantitative estimate of drug-likeness (QED) is 0.816. The van der Waals surface area contributed by atoms with Gasteiger partial charge in [-0.05, 0) is 19.8 Å². The maximum atomic E-state index is 11.6. The van der Waals surface area contributed by atoms with Gasteiger partial charge in [0, 0.05) is 11.8 Å². The van der Waals surface area contributed by atoms with Gasteiger partial charge in [0.25, 0.3) is 0 Å². The molecule has 1 saturated carbocycles. The van der Waals surface area contributed by atoms with Gasteiger partial charge in [-0.25, -0.2) is 19.6 Å². The first kappa shape index (κ1) is 15.2. The fourth-order valence-electron chi connectivity index (χ4n) is 2.61. The molecule has 0 saturated heterocycles. The lowest BCUT2D eigenvalue weighted by Gasteiger charge is -2.34. The molecule has 0 aliphatic heterocycles. The maximum absolute atomic E-state index is 11.6. The molecular formula is C14H19N3O4. The molecule has 0 radical (unpaired) electrons. The van der Waals surface area contributed by atoms with Crippen molar-refractivity contribution in [2.45, 2.75) is 44.6 Å². The van der Waals surface area contributed by atoms with Crippen molar-refractivity contribution < 1.29 is 19.4 Å². The zero-order chi connectivity index (χ0) is 15.5. The second-order valence-corrected chi connectivity index (χ2v) is 5.28. The van der Waals surface area contributed by atoms with Crippen LogP contribution in [0.1, 0.15) is 48.4 Å². The summed E-state index contributed by atoms with van der Waals surface area (Å²) in [5, 5.41) is 12.5. The molecule has 0 amide bonds. The Morgan fingerprint density at radius 3 is 2.52 bits per heavy atom. The van der Waals surface area contributed by atoms with Crippen LogP contribution < -0.4 is 5.32 Å². The van der Waals surface area contributed by atoms with Gasteiger partial charge < -0.3 is 15.2 Å². The molecule has 1 aliphatic carbocycles. The van der Waals surface area contributed by atoms with Crippen molar-refractivity contribution >= 4 is 17.8 Å². The number of nitrogens with one attached hydrogen (secondary N) is 1. The van der Waals surface area contributed by atoms with Crippen molar-refractivity contribution in [3.63, 3.8) is 0 Å². The van der Waals surface area contributed by atoms with Crippen molar-refractivity contribution in [3.05, 3.63) is 17.6 Å². The van der Waals surface area contributed by atoms with Crippen LogP contribution in [-0.4, -0.2) is 39.7 Å². The van der Waals surface area contributed by atoms with Crippen molar-refractivity contribution in [2.75, 3.05) is 12.4 Å². The number of hydrogen-bond donors (Lipinski definition) is 2. The van der Waals surface area contributed by atoms with Crippen LogP contribution in [0.2, 0.25) is 0 Å². The lowest BCUT2D eigenvalue weighted by atomic mass is 9.81. The molecule has 1 heterocycles. The second kappa shape index (κ2) is 6.07. The standard InChI is InChI=1S/C14H19N3O4/c1-9-8-10(16-11(15-9)12(18)21-2)17-14(13(19)20)6-4-3-5-7-14/h8H,3-7H2,1-2H3,(H,19,20)(H,15,16,17). The Kier molecular flexibility index (Phi) is 4.40. The zero-order valence-corrected chi connectivity index (χ0v) is 12.2. The molecule has 0 spiro atoms. The van der Waals surface area contributed by atoms with Crippen molar-refractivity contribution in [2.24, 2.45) is 0 Å². The third-order valence-electron chi connectivity index (χ3n) is 3.71. The van der Waals surface area contributed by atoms with Gasteiger partial charge in [-0.15, -0.1) is 0 Å². The molecular weight excluding hydrogens is 274 g/mol. The molecule has 0 aromatic carbocycles. The summed E-state index contributed by atoms with van der Waals surface area (Å²) in [5.74, 6) is -1.27. The average Bonchev–Trinajstić information content (AvgIpc) is 2.46. The van der Waals surface area contributed by atoms with Crippen molar-refractivity contribution in [3.8, 4) is 0 Å². The molecule has 7 heteroatoms. The number of carboxylic acid groups (broad SMARTS) is 1. The topological polar surface area (TPSA) is 101 Å². The van der Waals surface area contributed by atoms with Crippen molar-refractivity contribution in [1.29, 1.82) is 0 Å². The van der Waals surface area contributed by atoms with E-state index in [0.717, 1.165) is 19.3 Å². The Balaban J connectivity index is 2.30. The molecule has 1 fully saturated rings. The first-order valence-electron chi connectivity index (χ1n) is 6.92. The van der Waals surface area contributed by atoms with Crippen LogP contribution in [0.5, 0.6) is 0 Å². The zero-order valence-electron chi connectivity index (χ0n) is 12.2. The lowest BCUT2D eigenvalue weighted by molar-refractivity contribution is -0.143. The summed E-state index contributed by atoms with van der Waals surface area (Å²) in [6, 6.07) is 1.63. The monoisotopic (exact) mass is 293 g/mol. The number of carboxylic acids is 1. The number of carbonyl (C=O) groups excluding carboxylic acids is 1. The Morgan fingerprint density at radius 1 is 1.29 bits per heavy atom. The number of rotatable bonds is 4. The Hall–Kier alpha value is -2.18. The highest BCUT2D eigenvalue weighted by atomic mass is 16.5. The van der Waals surface area contributed by atoms with E-state index in [1.165, 1.54) is 7.11 Å². The highest BCUT2D eigenvalue weighted by molar-refractivity contribution is 5.86. The van der Waals surface area contributed by atoms with E-state index < -0.39 is 17.5 Å². The number of aryl methyl sites for hydroxylation is 1. The van der Waals surface area contributed by atoms with Crippen LogP contribution in [-0.2, 0) is 9.53 Å². The largest absolute Gasteiger partial charge is 0.480 e. The smallest absolute Gasteiger partial charge is 0.376 e. The first-order chi connectivity index (χ1) is 9.97. The van der Waals surface area contributed by atoms with E-state index in [2.05, 4.69) is 20.0 Å². The van der Waals surface area contributed by atoms with Gasteiger partial charge in [0.1, 0.15) is 11.4 Å². The SMILES string of the molecule is COC(=O)c1nc(C)cc(NC2(C(=O)O)CCCCC2)n1. The van der Waals surface area contributed by atoms with Crippen LogP contribution in [0.3, 0.4) is 0 Å². The minimum Gasteiger partial charge on any atom is -0.480 e. The Labute approximate surface area is 122 Å². The predicted octanol–water partition coefficient (Wildman–Crippen LogP) is 1.77. The number of aliphatic carboxylic acids is 1. The molecule has 1 aromatic heterocycles. The molecule has 7 nitrogen and oxygen atoms in total. The summed E-state index contributed by atoms with van der Waals surface area (Å²) in [4.78, 5) is 31.2. The summed E-state index contributed by atoms with van der Waals surface area (Å²) in [6.45, 7) is 1.72. The third-order valence-corrected chi connectivity index (χ3v) is 3.71. The second-order valence-electron chi connectivity index (χ2n) is 5.28. The maximum Gasteiger partial charge on any atom is 0.376 e. The number of hydrogen-bond acceptors (Lipinski definition) is 6. The summed E-state index contributed by atoms with van der Waals surface area (Å²) in [7, 11) is 1.25. The molecule has 1 aliphatic rings. The fraction of sp³-hybridized carbons (Fsp3) is 0.571. The molecule has 0 bridgehead atoms. The van der Waals surface area contributed by atoms with Gasteiger partial charge >= 0.3 is 11.9 Å². The van der Waals surface area contributed by atoms with E-state index in [0.29, 0.717) is 24.4 Å². The highest BCUT2D eigenvalue weighted by Crippen LogP contribution is 2.31. The molecule has 2 N–H and O–H groups in total. The molecule has 2 rings (SSSR count). The predicted molar refractivity (Wildman–Crippen MR) is 75.2 cm³/mol. The van der Waals surface area contributed by atoms with Gasteiger partial charge in [-0.3, -0.25) is 0 Å². The van der Waals surface area contributed by atoms with Gasteiger partial charge in [-0.1, -0.05) is 19.3 Å². The van der Waals surface area contributed by atoms with E-state index in [1.54, 1.807) is 13.0 Å². The van der Waals surface area contributed by atoms with Crippen LogP contribution in [0.25, 0.3) is 0 Å². The number of ether oxygens (including phenoxy) is 1. The number of carbonyl (C=O) groups is 2.